The molecule has 1 aliphatic heterocycles. The minimum Gasteiger partial charge on any atom is -0.456 e. The summed E-state index contributed by atoms with van der Waals surface area (Å²) in [5.41, 5.74) is 3.76. The van der Waals surface area contributed by atoms with Crippen LogP contribution in [0.15, 0.2) is 29.1 Å². The number of pyridine rings is 1. The highest BCUT2D eigenvalue weighted by atomic mass is 19.1. The van der Waals surface area contributed by atoms with E-state index in [4.69, 9.17) is 10.5 Å². The van der Waals surface area contributed by atoms with Crippen LogP contribution < -0.4 is 16.6 Å². The number of fused-ring (bicyclic) bond motifs is 1. The van der Waals surface area contributed by atoms with Gasteiger partial charge < -0.3 is 10.5 Å². The van der Waals surface area contributed by atoms with E-state index in [0.29, 0.717) is 0 Å². The normalized spacial score (nSPS) is 13.3. The fourth-order valence-corrected chi connectivity index (χ4v) is 2.69. The molecular weight excluding hydrogens is 357 g/mol. The number of imide groups is 1. The first-order chi connectivity index (χ1) is 12.5. The van der Waals surface area contributed by atoms with Crippen molar-refractivity contribution in [1.29, 1.82) is 0 Å². The van der Waals surface area contributed by atoms with Crippen molar-refractivity contribution in [2.24, 2.45) is 0 Å². The molecule has 2 heterocycles. The molecule has 1 aromatic heterocycles. The first-order valence-electron chi connectivity index (χ1n) is 7.94. The number of carbonyl (C=O) groups excluding carboxylic acids is 3. The summed E-state index contributed by atoms with van der Waals surface area (Å²) in [6, 6.07) is 4.33. The van der Waals surface area contributed by atoms with Crippen LogP contribution in [-0.4, -0.2) is 28.0 Å². The number of hydrogen-bond acceptors (Lipinski definition) is 6. The Kier molecular flexibility index (Phi) is 4.10. The number of nitrogen functional groups attached to an aromatic ring is 1. The van der Waals surface area contributed by atoms with Gasteiger partial charge in [-0.3, -0.25) is 24.3 Å². The number of ether oxygens (including phenoxy) is 1. The quantitative estimate of drug-likeness (QED) is 0.606. The third-order valence-corrected chi connectivity index (χ3v) is 3.78. The van der Waals surface area contributed by atoms with Gasteiger partial charge in [0.05, 0.1) is 22.4 Å². The van der Waals surface area contributed by atoms with Crippen LogP contribution in [0.2, 0.25) is 0 Å². The van der Waals surface area contributed by atoms with Crippen LogP contribution in [0.1, 0.15) is 51.8 Å². The lowest BCUT2D eigenvalue weighted by Crippen LogP contribution is -2.25. The Morgan fingerprint density at radius 2 is 1.81 bits per heavy atom. The maximum Gasteiger partial charge on any atom is 0.341 e. The second-order valence-corrected chi connectivity index (χ2v) is 6.94. The SMILES string of the molecule is CC(C)(C)OC(=O)c1ccc(-n2c(N)c3c(cc2=O)C(=O)NC3=O)cc1F. The second-order valence-electron chi connectivity index (χ2n) is 6.94. The summed E-state index contributed by atoms with van der Waals surface area (Å²) in [5, 5.41) is 2.04. The molecule has 27 heavy (non-hydrogen) atoms. The van der Waals surface area contributed by atoms with E-state index < -0.39 is 34.8 Å². The molecule has 0 saturated heterocycles. The van der Waals surface area contributed by atoms with Crippen LogP contribution in [-0.2, 0) is 4.74 Å². The van der Waals surface area contributed by atoms with Gasteiger partial charge in [-0.2, -0.15) is 0 Å². The summed E-state index contributed by atoms with van der Waals surface area (Å²) in [6.07, 6.45) is 0. The van der Waals surface area contributed by atoms with E-state index in [1.807, 2.05) is 5.32 Å². The fourth-order valence-electron chi connectivity index (χ4n) is 2.69. The highest BCUT2D eigenvalue weighted by Crippen LogP contribution is 2.24. The first-order valence-corrected chi connectivity index (χ1v) is 7.94. The van der Waals surface area contributed by atoms with Crippen LogP contribution in [0.25, 0.3) is 5.69 Å². The number of hydrogen-bond donors (Lipinski definition) is 2. The molecule has 8 nitrogen and oxygen atoms in total. The van der Waals surface area contributed by atoms with Gasteiger partial charge in [0.25, 0.3) is 17.4 Å². The number of halogens is 1. The topological polar surface area (TPSA) is 120 Å². The number of esters is 1. The highest BCUT2D eigenvalue weighted by molar-refractivity contribution is 6.23. The van der Waals surface area contributed by atoms with Gasteiger partial charge in [-0.25, -0.2) is 9.18 Å². The largest absolute Gasteiger partial charge is 0.456 e. The molecule has 0 spiro atoms. The average Bonchev–Trinajstić information content (AvgIpc) is 2.79. The molecule has 0 radical (unpaired) electrons. The Morgan fingerprint density at radius 3 is 2.41 bits per heavy atom. The van der Waals surface area contributed by atoms with E-state index >= 15 is 0 Å². The number of benzene rings is 1. The molecule has 3 N–H and O–H groups in total. The molecular formula is C18H16FN3O5. The zero-order chi connectivity index (χ0) is 20.1. The first kappa shape index (κ1) is 18.3. The maximum absolute atomic E-state index is 14.4. The number of nitrogens with two attached hydrogens (primary N) is 1. The van der Waals surface area contributed by atoms with Gasteiger partial charge >= 0.3 is 5.97 Å². The standard InChI is InChI=1S/C18H16FN3O5/c1-18(2,3)27-17(26)9-5-4-8(6-11(9)19)22-12(23)7-10-13(14(22)20)16(25)21-15(10)24/h4-7H,20H2,1-3H3,(H,21,24,25). The lowest BCUT2D eigenvalue weighted by molar-refractivity contribution is 0.00645. The molecule has 0 atom stereocenters. The van der Waals surface area contributed by atoms with E-state index in [2.05, 4.69) is 0 Å². The number of nitrogens with one attached hydrogen (secondary N) is 1. The fraction of sp³-hybridized carbons (Fsp3) is 0.222. The van der Waals surface area contributed by atoms with Crippen molar-refractivity contribution >= 4 is 23.6 Å². The minimum atomic E-state index is -0.922. The van der Waals surface area contributed by atoms with Crippen molar-refractivity contribution in [3.8, 4) is 5.69 Å². The predicted molar refractivity (Wildman–Crippen MR) is 93.4 cm³/mol. The molecule has 0 aliphatic carbocycles. The Labute approximate surface area is 152 Å². The minimum absolute atomic E-state index is 0.00254. The second kappa shape index (κ2) is 6.04. The molecule has 2 amide bonds. The lowest BCUT2D eigenvalue weighted by atomic mass is 10.1. The molecule has 140 valence electrons. The van der Waals surface area contributed by atoms with Crippen molar-refractivity contribution in [1.82, 2.24) is 9.88 Å². The third-order valence-electron chi connectivity index (χ3n) is 3.78. The number of anilines is 1. The van der Waals surface area contributed by atoms with Crippen LogP contribution >= 0.6 is 0 Å². The molecule has 0 fully saturated rings. The smallest absolute Gasteiger partial charge is 0.341 e. The van der Waals surface area contributed by atoms with Gasteiger partial charge in [-0.1, -0.05) is 0 Å². The summed E-state index contributed by atoms with van der Waals surface area (Å²) in [4.78, 5) is 47.9. The van der Waals surface area contributed by atoms with E-state index in [1.165, 1.54) is 6.07 Å². The Morgan fingerprint density at radius 1 is 1.15 bits per heavy atom. The number of nitrogens with zero attached hydrogens (tertiary/aromatic N) is 1. The van der Waals surface area contributed by atoms with E-state index in [1.54, 1.807) is 20.8 Å². The van der Waals surface area contributed by atoms with Gasteiger partial charge in [0.15, 0.2) is 0 Å². The van der Waals surface area contributed by atoms with Crippen LogP contribution in [0, 0.1) is 5.82 Å². The third kappa shape index (κ3) is 3.19. The molecule has 0 bridgehead atoms. The van der Waals surface area contributed by atoms with E-state index in [-0.39, 0.29) is 28.2 Å². The van der Waals surface area contributed by atoms with Gasteiger partial charge in [0, 0.05) is 6.07 Å². The molecule has 2 aromatic rings. The van der Waals surface area contributed by atoms with Crippen molar-refractivity contribution < 1.29 is 23.5 Å². The summed E-state index contributed by atoms with van der Waals surface area (Å²) in [7, 11) is 0. The molecule has 0 saturated carbocycles. The summed E-state index contributed by atoms with van der Waals surface area (Å²) < 4.78 is 20.5. The van der Waals surface area contributed by atoms with Gasteiger partial charge in [-0.15, -0.1) is 0 Å². The molecule has 1 aliphatic rings. The summed E-state index contributed by atoms with van der Waals surface area (Å²) in [5.74, 6) is -3.55. The Hall–Kier alpha value is -3.49. The Balaban J connectivity index is 2.09. The number of aromatic nitrogens is 1. The van der Waals surface area contributed by atoms with Crippen LogP contribution in [0.5, 0.6) is 0 Å². The number of carbonyl (C=O) groups is 3. The number of amides is 2. The summed E-state index contributed by atoms with van der Waals surface area (Å²) in [6.45, 7) is 4.94. The van der Waals surface area contributed by atoms with E-state index in [9.17, 15) is 23.6 Å². The maximum atomic E-state index is 14.4. The van der Waals surface area contributed by atoms with Gasteiger partial charge in [-0.05, 0) is 39.0 Å². The molecule has 0 unspecified atom stereocenters. The molecule has 1 aromatic carbocycles. The molecule has 3 rings (SSSR count). The van der Waals surface area contributed by atoms with Crippen molar-refractivity contribution in [2.75, 3.05) is 5.73 Å². The van der Waals surface area contributed by atoms with Gasteiger partial charge in [0.2, 0.25) is 0 Å². The monoisotopic (exact) mass is 373 g/mol. The van der Waals surface area contributed by atoms with Crippen molar-refractivity contribution in [3.63, 3.8) is 0 Å². The van der Waals surface area contributed by atoms with Crippen LogP contribution in [0.3, 0.4) is 0 Å². The van der Waals surface area contributed by atoms with Crippen molar-refractivity contribution in [3.05, 3.63) is 57.1 Å². The van der Waals surface area contributed by atoms with Gasteiger partial charge in [0.1, 0.15) is 17.2 Å². The Bertz CT molecular complexity index is 1070. The molecule has 9 heteroatoms. The average molecular weight is 373 g/mol. The number of rotatable bonds is 2. The lowest BCUT2D eigenvalue weighted by Gasteiger charge is -2.20. The highest BCUT2D eigenvalue weighted by Gasteiger charge is 2.32. The predicted octanol–water partition coefficient (Wildman–Crippen LogP) is 1.40. The van der Waals surface area contributed by atoms with E-state index in [0.717, 1.165) is 22.8 Å². The zero-order valence-electron chi connectivity index (χ0n) is 14.8. The summed E-state index contributed by atoms with van der Waals surface area (Å²) >= 11 is 0. The van der Waals surface area contributed by atoms with Crippen molar-refractivity contribution in [2.45, 2.75) is 26.4 Å². The van der Waals surface area contributed by atoms with Crippen LogP contribution in [0.4, 0.5) is 10.2 Å². The zero-order valence-corrected chi connectivity index (χ0v) is 14.8.